The molecular formula is C16H8Cl3N. The molecule has 3 aromatic rings. The summed E-state index contributed by atoms with van der Waals surface area (Å²) in [5.41, 5.74) is 11.1. The molecule has 0 fully saturated rings. The highest BCUT2D eigenvalue weighted by Crippen LogP contribution is 2.51. The number of nitrogens with two attached hydrogens (primary N) is 1. The summed E-state index contributed by atoms with van der Waals surface area (Å²) in [6, 6.07) is 11.6. The summed E-state index contributed by atoms with van der Waals surface area (Å²) in [6.45, 7) is 0. The zero-order valence-electron chi connectivity index (χ0n) is 10.2. The van der Waals surface area contributed by atoms with Gasteiger partial charge in [-0.25, -0.2) is 0 Å². The lowest BCUT2D eigenvalue weighted by molar-refractivity contribution is 1.69. The molecule has 98 valence electrons. The SMILES string of the molecule is Nc1ccc2c3c(ccc(Cl)c13)-c1cc(Cl)c(Cl)cc1-2. The second kappa shape index (κ2) is 4.05. The Morgan fingerprint density at radius 2 is 1.15 bits per heavy atom. The van der Waals surface area contributed by atoms with Crippen molar-refractivity contribution < 1.29 is 0 Å². The summed E-state index contributed by atoms with van der Waals surface area (Å²) in [7, 11) is 0. The Morgan fingerprint density at radius 3 is 1.75 bits per heavy atom. The molecule has 4 rings (SSSR count). The van der Waals surface area contributed by atoms with Crippen molar-refractivity contribution in [2.75, 3.05) is 5.73 Å². The molecule has 0 spiro atoms. The van der Waals surface area contributed by atoms with Gasteiger partial charge in [0.1, 0.15) is 0 Å². The molecule has 1 nitrogen and oxygen atoms in total. The second-order valence-corrected chi connectivity index (χ2v) is 6.08. The molecule has 0 saturated carbocycles. The monoisotopic (exact) mass is 319 g/mol. The summed E-state index contributed by atoms with van der Waals surface area (Å²) >= 11 is 18.6. The van der Waals surface area contributed by atoms with E-state index in [1.54, 1.807) is 0 Å². The topological polar surface area (TPSA) is 26.0 Å². The van der Waals surface area contributed by atoms with Crippen LogP contribution in [0.2, 0.25) is 15.1 Å². The smallest absolute Gasteiger partial charge is 0.0598 e. The van der Waals surface area contributed by atoms with E-state index < -0.39 is 0 Å². The van der Waals surface area contributed by atoms with E-state index in [0.717, 1.165) is 33.0 Å². The van der Waals surface area contributed by atoms with Gasteiger partial charge in [0.15, 0.2) is 0 Å². The van der Waals surface area contributed by atoms with Gasteiger partial charge in [-0.2, -0.15) is 0 Å². The molecule has 1 aliphatic carbocycles. The van der Waals surface area contributed by atoms with Crippen LogP contribution in [-0.2, 0) is 0 Å². The molecule has 0 unspecified atom stereocenters. The summed E-state index contributed by atoms with van der Waals surface area (Å²) in [4.78, 5) is 0. The molecule has 0 aliphatic heterocycles. The first kappa shape index (κ1) is 12.3. The average Bonchev–Trinajstić information content (AvgIpc) is 2.71. The molecule has 0 heterocycles. The van der Waals surface area contributed by atoms with Crippen LogP contribution in [-0.4, -0.2) is 0 Å². The fourth-order valence-electron chi connectivity index (χ4n) is 2.92. The number of rotatable bonds is 0. The minimum absolute atomic E-state index is 0.550. The predicted molar refractivity (Wildman–Crippen MR) is 87.8 cm³/mol. The Balaban J connectivity index is 2.25. The number of anilines is 1. The standard InChI is InChI=1S/C16H8Cl3N/c17-11-3-1-7-9-5-12(18)13(19)6-10(9)8-2-4-14(20)16(11)15(7)8/h1-6H,20H2. The Bertz CT molecular complexity index is 830. The average molecular weight is 321 g/mol. The van der Waals surface area contributed by atoms with Crippen molar-refractivity contribution >= 4 is 51.3 Å². The van der Waals surface area contributed by atoms with Crippen LogP contribution >= 0.6 is 34.8 Å². The number of hydrogen-bond donors (Lipinski definition) is 1. The lowest BCUT2D eigenvalue weighted by Crippen LogP contribution is -1.88. The second-order valence-electron chi connectivity index (χ2n) is 4.86. The number of fused-ring (bicyclic) bond motifs is 3. The van der Waals surface area contributed by atoms with Crippen molar-refractivity contribution in [3.05, 3.63) is 51.5 Å². The van der Waals surface area contributed by atoms with E-state index in [2.05, 4.69) is 0 Å². The normalized spacial score (nSPS) is 11.9. The fraction of sp³-hybridized carbons (Fsp3) is 0. The molecule has 0 saturated heterocycles. The molecule has 0 amide bonds. The Morgan fingerprint density at radius 1 is 0.600 bits per heavy atom. The highest BCUT2D eigenvalue weighted by molar-refractivity contribution is 6.43. The Kier molecular flexibility index (Phi) is 2.50. The van der Waals surface area contributed by atoms with Crippen molar-refractivity contribution in [1.82, 2.24) is 0 Å². The summed E-state index contributed by atoms with van der Waals surface area (Å²) < 4.78 is 0. The first-order valence-electron chi connectivity index (χ1n) is 6.08. The molecule has 1 aliphatic rings. The molecule has 0 aromatic heterocycles. The van der Waals surface area contributed by atoms with Crippen molar-refractivity contribution in [2.45, 2.75) is 0 Å². The van der Waals surface area contributed by atoms with Crippen molar-refractivity contribution in [2.24, 2.45) is 0 Å². The lowest BCUT2D eigenvalue weighted by Gasteiger charge is -2.07. The van der Waals surface area contributed by atoms with E-state index >= 15 is 0 Å². The van der Waals surface area contributed by atoms with Gasteiger partial charge in [-0.05, 0) is 46.5 Å². The molecular weight excluding hydrogens is 313 g/mol. The van der Waals surface area contributed by atoms with E-state index in [1.807, 2.05) is 36.4 Å². The van der Waals surface area contributed by atoms with Gasteiger partial charge in [0.2, 0.25) is 0 Å². The number of benzene rings is 3. The first-order chi connectivity index (χ1) is 9.58. The third kappa shape index (κ3) is 1.46. The zero-order valence-corrected chi connectivity index (χ0v) is 12.4. The van der Waals surface area contributed by atoms with Gasteiger partial charge in [-0.3, -0.25) is 0 Å². The highest BCUT2D eigenvalue weighted by Gasteiger charge is 2.24. The molecule has 4 heteroatoms. The third-order valence-electron chi connectivity index (χ3n) is 3.78. The van der Waals surface area contributed by atoms with Gasteiger partial charge in [0.25, 0.3) is 0 Å². The molecule has 2 N–H and O–H groups in total. The van der Waals surface area contributed by atoms with E-state index in [0.29, 0.717) is 20.8 Å². The van der Waals surface area contributed by atoms with Gasteiger partial charge in [0.05, 0.1) is 15.1 Å². The van der Waals surface area contributed by atoms with Crippen LogP contribution in [0.4, 0.5) is 5.69 Å². The molecule has 0 atom stereocenters. The number of nitrogen functional groups attached to an aromatic ring is 1. The van der Waals surface area contributed by atoms with Crippen molar-refractivity contribution in [3.8, 4) is 22.3 Å². The summed E-state index contributed by atoms with van der Waals surface area (Å²) in [6.07, 6.45) is 0. The van der Waals surface area contributed by atoms with E-state index in [1.165, 1.54) is 0 Å². The molecule has 3 aromatic carbocycles. The lowest BCUT2D eigenvalue weighted by atomic mass is 10.0. The van der Waals surface area contributed by atoms with Crippen LogP contribution in [0.25, 0.3) is 33.0 Å². The van der Waals surface area contributed by atoms with Crippen LogP contribution in [0.5, 0.6) is 0 Å². The van der Waals surface area contributed by atoms with E-state index in [-0.39, 0.29) is 0 Å². The Hall–Kier alpha value is -1.41. The zero-order chi connectivity index (χ0) is 14.0. The quantitative estimate of drug-likeness (QED) is 0.393. The largest absolute Gasteiger partial charge is 0.398 e. The third-order valence-corrected chi connectivity index (χ3v) is 4.82. The van der Waals surface area contributed by atoms with Gasteiger partial charge >= 0.3 is 0 Å². The minimum Gasteiger partial charge on any atom is -0.398 e. The van der Waals surface area contributed by atoms with Crippen LogP contribution in [0.15, 0.2) is 36.4 Å². The maximum absolute atomic E-state index is 6.31. The molecule has 0 radical (unpaired) electrons. The van der Waals surface area contributed by atoms with Gasteiger partial charge in [-0.1, -0.05) is 46.9 Å². The van der Waals surface area contributed by atoms with Gasteiger partial charge in [-0.15, -0.1) is 0 Å². The fourth-order valence-corrected chi connectivity index (χ4v) is 3.51. The van der Waals surface area contributed by atoms with Crippen molar-refractivity contribution in [3.63, 3.8) is 0 Å². The Labute approximate surface area is 130 Å². The van der Waals surface area contributed by atoms with Crippen LogP contribution in [0, 0.1) is 0 Å². The van der Waals surface area contributed by atoms with Crippen LogP contribution in [0.3, 0.4) is 0 Å². The maximum atomic E-state index is 6.31. The molecule has 20 heavy (non-hydrogen) atoms. The molecule has 0 bridgehead atoms. The van der Waals surface area contributed by atoms with E-state index in [9.17, 15) is 0 Å². The first-order valence-corrected chi connectivity index (χ1v) is 7.22. The minimum atomic E-state index is 0.550. The highest BCUT2D eigenvalue weighted by atomic mass is 35.5. The summed E-state index contributed by atoms with van der Waals surface area (Å²) in [5, 5.41) is 3.73. The van der Waals surface area contributed by atoms with Gasteiger partial charge in [0, 0.05) is 16.5 Å². The van der Waals surface area contributed by atoms with E-state index in [4.69, 9.17) is 40.5 Å². The summed E-state index contributed by atoms with van der Waals surface area (Å²) in [5.74, 6) is 0. The van der Waals surface area contributed by atoms with Crippen LogP contribution < -0.4 is 5.73 Å². The maximum Gasteiger partial charge on any atom is 0.0598 e. The van der Waals surface area contributed by atoms with Crippen molar-refractivity contribution in [1.29, 1.82) is 0 Å². The number of halogens is 3. The number of hydrogen-bond acceptors (Lipinski definition) is 1. The predicted octanol–water partition coefficient (Wildman–Crippen LogP) is 6.03. The van der Waals surface area contributed by atoms with Gasteiger partial charge < -0.3 is 5.73 Å². The van der Waals surface area contributed by atoms with Crippen LogP contribution in [0.1, 0.15) is 0 Å².